The zero-order chi connectivity index (χ0) is 14.8. The molecule has 0 aliphatic carbocycles. The van der Waals surface area contributed by atoms with Crippen molar-refractivity contribution in [2.75, 3.05) is 12.3 Å². The van der Waals surface area contributed by atoms with E-state index in [9.17, 15) is 0 Å². The molecule has 0 bridgehead atoms. The SMILES string of the molecule is CCCNC(CCCC(C)C)c1ccc(SCC)cc1. The maximum Gasteiger partial charge on any atom is 0.0320 e. The van der Waals surface area contributed by atoms with E-state index < -0.39 is 0 Å². The van der Waals surface area contributed by atoms with E-state index in [4.69, 9.17) is 0 Å². The van der Waals surface area contributed by atoms with Crippen molar-refractivity contribution in [1.29, 1.82) is 0 Å². The Kier molecular flexibility index (Phi) is 9.04. The maximum atomic E-state index is 3.70. The Morgan fingerprint density at radius 3 is 2.30 bits per heavy atom. The number of hydrogen-bond donors (Lipinski definition) is 1. The lowest BCUT2D eigenvalue weighted by Crippen LogP contribution is -2.22. The summed E-state index contributed by atoms with van der Waals surface area (Å²) >= 11 is 1.91. The van der Waals surface area contributed by atoms with Gasteiger partial charge < -0.3 is 5.32 Å². The Hall–Kier alpha value is -0.470. The topological polar surface area (TPSA) is 12.0 Å². The molecule has 0 saturated heterocycles. The highest BCUT2D eigenvalue weighted by Crippen LogP contribution is 2.24. The highest BCUT2D eigenvalue weighted by Gasteiger charge is 2.10. The highest BCUT2D eigenvalue weighted by molar-refractivity contribution is 7.99. The van der Waals surface area contributed by atoms with Crippen molar-refractivity contribution in [1.82, 2.24) is 5.32 Å². The second-order valence-electron chi connectivity index (χ2n) is 5.83. The van der Waals surface area contributed by atoms with Gasteiger partial charge in [-0.05, 0) is 48.8 Å². The van der Waals surface area contributed by atoms with Crippen LogP contribution < -0.4 is 5.32 Å². The molecule has 114 valence electrons. The van der Waals surface area contributed by atoms with E-state index in [0.717, 1.165) is 18.2 Å². The fourth-order valence-electron chi connectivity index (χ4n) is 2.40. The van der Waals surface area contributed by atoms with Crippen LogP contribution in [0.15, 0.2) is 29.2 Å². The minimum Gasteiger partial charge on any atom is -0.310 e. The Bertz CT molecular complexity index is 345. The molecule has 0 aliphatic heterocycles. The first-order valence-electron chi connectivity index (χ1n) is 8.13. The molecule has 0 saturated carbocycles. The van der Waals surface area contributed by atoms with Crippen LogP contribution in [0.3, 0.4) is 0 Å². The summed E-state index contributed by atoms with van der Waals surface area (Å²) in [5.74, 6) is 1.95. The van der Waals surface area contributed by atoms with Crippen LogP contribution in [0.25, 0.3) is 0 Å². The van der Waals surface area contributed by atoms with Gasteiger partial charge in [0.1, 0.15) is 0 Å². The third kappa shape index (κ3) is 6.81. The normalized spacial score (nSPS) is 12.8. The molecule has 0 radical (unpaired) electrons. The van der Waals surface area contributed by atoms with E-state index in [1.807, 2.05) is 11.8 Å². The van der Waals surface area contributed by atoms with Crippen LogP contribution in [-0.2, 0) is 0 Å². The Morgan fingerprint density at radius 2 is 1.75 bits per heavy atom. The smallest absolute Gasteiger partial charge is 0.0320 e. The summed E-state index contributed by atoms with van der Waals surface area (Å²) in [6, 6.07) is 9.68. The first-order valence-corrected chi connectivity index (χ1v) is 9.12. The van der Waals surface area contributed by atoms with Crippen LogP contribution in [0.2, 0.25) is 0 Å². The van der Waals surface area contributed by atoms with E-state index in [0.29, 0.717) is 6.04 Å². The van der Waals surface area contributed by atoms with E-state index in [1.165, 1.54) is 36.1 Å². The first-order chi connectivity index (χ1) is 9.67. The summed E-state index contributed by atoms with van der Waals surface area (Å²) in [4.78, 5) is 1.38. The number of hydrogen-bond acceptors (Lipinski definition) is 2. The third-order valence-electron chi connectivity index (χ3n) is 3.51. The van der Waals surface area contributed by atoms with E-state index in [-0.39, 0.29) is 0 Å². The summed E-state index contributed by atoms with van der Waals surface area (Å²) in [6.45, 7) is 10.2. The zero-order valence-electron chi connectivity index (χ0n) is 13.6. The molecule has 1 unspecified atom stereocenters. The predicted molar refractivity (Wildman–Crippen MR) is 92.6 cm³/mol. The van der Waals surface area contributed by atoms with Crippen LogP contribution in [0, 0.1) is 5.92 Å². The molecule has 1 N–H and O–H groups in total. The average molecular weight is 294 g/mol. The lowest BCUT2D eigenvalue weighted by Gasteiger charge is -2.20. The van der Waals surface area contributed by atoms with E-state index in [1.54, 1.807) is 0 Å². The van der Waals surface area contributed by atoms with Crippen molar-refractivity contribution >= 4 is 11.8 Å². The molecular formula is C18H31NS. The van der Waals surface area contributed by atoms with Gasteiger partial charge in [-0.3, -0.25) is 0 Å². The van der Waals surface area contributed by atoms with Crippen molar-refractivity contribution in [2.24, 2.45) is 5.92 Å². The summed E-state index contributed by atoms with van der Waals surface area (Å²) in [6.07, 6.45) is 5.08. The van der Waals surface area contributed by atoms with Crippen LogP contribution in [0.5, 0.6) is 0 Å². The van der Waals surface area contributed by atoms with Crippen LogP contribution >= 0.6 is 11.8 Å². The zero-order valence-corrected chi connectivity index (χ0v) is 14.4. The molecule has 0 aromatic heterocycles. The van der Waals surface area contributed by atoms with Crippen molar-refractivity contribution < 1.29 is 0 Å². The number of nitrogens with one attached hydrogen (secondary N) is 1. The molecule has 1 atom stereocenters. The number of benzene rings is 1. The minimum absolute atomic E-state index is 0.523. The number of rotatable bonds is 10. The monoisotopic (exact) mass is 293 g/mol. The maximum absolute atomic E-state index is 3.70. The first kappa shape index (κ1) is 17.6. The molecule has 1 aromatic carbocycles. The van der Waals surface area contributed by atoms with Crippen LogP contribution in [0.1, 0.15) is 65.0 Å². The van der Waals surface area contributed by atoms with Crippen molar-refractivity contribution in [3.05, 3.63) is 29.8 Å². The Morgan fingerprint density at radius 1 is 1.05 bits per heavy atom. The van der Waals surface area contributed by atoms with Gasteiger partial charge in [0.2, 0.25) is 0 Å². The van der Waals surface area contributed by atoms with Gasteiger partial charge in [0, 0.05) is 10.9 Å². The van der Waals surface area contributed by atoms with Gasteiger partial charge in [-0.25, -0.2) is 0 Å². The fraction of sp³-hybridized carbons (Fsp3) is 0.667. The van der Waals surface area contributed by atoms with Crippen molar-refractivity contribution in [3.63, 3.8) is 0 Å². The molecule has 1 nitrogen and oxygen atoms in total. The van der Waals surface area contributed by atoms with Gasteiger partial charge in [0.15, 0.2) is 0 Å². The van der Waals surface area contributed by atoms with Crippen LogP contribution in [0.4, 0.5) is 0 Å². The van der Waals surface area contributed by atoms with Gasteiger partial charge in [0.25, 0.3) is 0 Å². The molecule has 2 heteroatoms. The van der Waals surface area contributed by atoms with Crippen molar-refractivity contribution in [2.45, 2.75) is 64.3 Å². The average Bonchev–Trinajstić information content (AvgIpc) is 2.43. The Balaban J connectivity index is 2.60. The molecule has 0 spiro atoms. The second kappa shape index (κ2) is 10.3. The minimum atomic E-state index is 0.523. The highest BCUT2D eigenvalue weighted by atomic mass is 32.2. The van der Waals surface area contributed by atoms with Gasteiger partial charge in [0.05, 0.1) is 0 Å². The van der Waals surface area contributed by atoms with Gasteiger partial charge in [-0.2, -0.15) is 0 Å². The predicted octanol–water partition coefficient (Wildman–Crippen LogP) is 5.67. The molecular weight excluding hydrogens is 262 g/mol. The fourth-order valence-corrected chi connectivity index (χ4v) is 3.06. The largest absolute Gasteiger partial charge is 0.310 e. The number of thioether (sulfide) groups is 1. The molecule has 1 rings (SSSR count). The van der Waals surface area contributed by atoms with Crippen LogP contribution in [-0.4, -0.2) is 12.3 Å². The van der Waals surface area contributed by atoms with Gasteiger partial charge >= 0.3 is 0 Å². The second-order valence-corrected chi connectivity index (χ2v) is 7.17. The summed E-state index contributed by atoms with van der Waals surface area (Å²) in [7, 11) is 0. The molecule has 0 aliphatic rings. The van der Waals surface area contributed by atoms with E-state index >= 15 is 0 Å². The van der Waals surface area contributed by atoms with Gasteiger partial charge in [-0.15, -0.1) is 11.8 Å². The summed E-state index contributed by atoms with van der Waals surface area (Å²) in [5.41, 5.74) is 1.45. The Labute approximate surface area is 129 Å². The lowest BCUT2D eigenvalue weighted by atomic mass is 9.98. The molecule has 0 amide bonds. The summed E-state index contributed by atoms with van der Waals surface area (Å²) in [5, 5.41) is 3.70. The molecule has 20 heavy (non-hydrogen) atoms. The van der Waals surface area contributed by atoms with Crippen molar-refractivity contribution in [3.8, 4) is 0 Å². The molecule has 0 fully saturated rings. The molecule has 1 aromatic rings. The lowest BCUT2D eigenvalue weighted by molar-refractivity contribution is 0.447. The van der Waals surface area contributed by atoms with Gasteiger partial charge in [-0.1, -0.05) is 52.7 Å². The third-order valence-corrected chi connectivity index (χ3v) is 4.40. The molecule has 0 heterocycles. The standard InChI is InChI=1S/C18H31NS/c1-5-14-19-18(9-7-8-15(3)4)16-10-12-17(13-11-16)20-6-2/h10-13,15,18-19H,5-9,14H2,1-4H3. The van der Waals surface area contributed by atoms with E-state index in [2.05, 4.69) is 57.3 Å². The quantitative estimate of drug-likeness (QED) is 0.558. The summed E-state index contributed by atoms with van der Waals surface area (Å²) < 4.78 is 0.